The molecule has 30 heavy (non-hydrogen) atoms. The number of hydrogen-bond acceptors (Lipinski definition) is 5. The zero-order chi connectivity index (χ0) is 21.5. The summed E-state index contributed by atoms with van der Waals surface area (Å²) in [6.45, 7) is 1.56. The Morgan fingerprint density at radius 2 is 1.63 bits per heavy atom. The van der Waals surface area contributed by atoms with Crippen molar-refractivity contribution in [2.45, 2.75) is 25.9 Å². The van der Waals surface area contributed by atoms with Crippen LogP contribution in [0.4, 0.5) is 5.69 Å². The average Bonchev–Trinajstić information content (AvgIpc) is 2.77. The van der Waals surface area contributed by atoms with Gasteiger partial charge < -0.3 is 19.5 Å². The Labute approximate surface area is 175 Å². The highest BCUT2D eigenvalue weighted by Crippen LogP contribution is 2.28. The van der Waals surface area contributed by atoms with Crippen molar-refractivity contribution in [3.05, 3.63) is 66.2 Å². The Morgan fingerprint density at radius 1 is 0.900 bits per heavy atom. The Kier molecular flexibility index (Phi) is 6.91. The first-order valence-electron chi connectivity index (χ1n) is 9.70. The van der Waals surface area contributed by atoms with Crippen LogP contribution in [0.5, 0.6) is 11.5 Å². The number of benzene rings is 3. The highest BCUT2D eigenvalue weighted by atomic mass is 16.5. The van der Waals surface area contributed by atoms with Crippen LogP contribution in [-0.4, -0.2) is 32.2 Å². The molecule has 156 valence electrons. The highest BCUT2D eigenvalue weighted by Gasteiger charge is 2.18. The summed E-state index contributed by atoms with van der Waals surface area (Å²) in [5.74, 6) is 0.421. The molecule has 0 radical (unpaired) electrons. The topological polar surface area (TPSA) is 73.9 Å². The van der Waals surface area contributed by atoms with E-state index in [-0.39, 0.29) is 12.3 Å². The lowest BCUT2D eigenvalue weighted by Gasteiger charge is -2.14. The number of rotatable bonds is 8. The van der Waals surface area contributed by atoms with Gasteiger partial charge in [-0.15, -0.1) is 0 Å². The minimum absolute atomic E-state index is 0.156. The number of nitrogens with one attached hydrogen (secondary N) is 1. The van der Waals surface area contributed by atoms with Gasteiger partial charge in [0.2, 0.25) is 0 Å². The molecule has 6 nitrogen and oxygen atoms in total. The molecule has 0 heterocycles. The minimum atomic E-state index is -0.894. The van der Waals surface area contributed by atoms with Crippen LogP contribution in [-0.2, 0) is 20.7 Å². The Bertz CT molecular complexity index is 1050. The van der Waals surface area contributed by atoms with Crippen molar-refractivity contribution < 1.29 is 23.8 Å². The molecule has 3 aromatic carbocycles. The molecule has 0 unspecified atom stereocenters. The molecule has 0 aliphatic rings. The molecule has 0 saturated heterocycles. The maximum absolute atomic E-state index is 12.4. The number of carbonyl (C=O) groups excluding carboxylic acids is 2. The van der Waals surface area contributed by atoms with Gasteiger partial charge in [0, 0.05) is 12.1 Å². The average molecular weight is 407 g/mol. The van der Waals surface area contributed by atoms with Gasteiger partial charge in [0.05, 0.1) is 14.2 Å². The van der Waals surface area contributed by atoms with Crippen LogP contribution in [0.15, 0.2) is 60.7 Å². The van der Waals surface area contributed by atoms with E-state index in [0.717, 1.165) is 16.3 Å². The Hall–Kier alpha value is -3.54. The fourth-order valence-corrected chi connectivity index (χ4v) is 3.10. The van der Waals surface area contributed by atoms with Gasteiger partial charge in [0.25, 0.3) is 5.91 Å². The largest absolute Gasteiger partial charge is 0.493 e. The molecule has 1 N–H and O–H groups in total. The van der Waals surface area contributed by atoms with Crippen LogP contribution in [0.1, 0.15) is 18.9 Å². The van der Waals surface area contributed by atoms with Crippen LogP contribution in [0.2, 0.25) is 0 Å². The number of fused-ring (bicyclic) bond motifs is 1. The molecule has 0 fully saturated rings. The third-order valence-corrected chi connectivity index (χ3v) is 4.76. The zero-order valence-corrected chi connectivity index (χ0v) is 17.3. The summed E-state index contributed by atoms with van der Waals surface area (Å²) < 4.78 is 15.8. The quantitative estimate of drug-likeness (QED) is 0.562. The standard InChI is InChI=1S/C24H25NO5/c1-16(24(27)25-20-11-10-18-6-4-5-7-19(18)15-20)30-23(26)13-9-17-8-12-21(28-2)22(14-17)29-3/h4-8,10-12,14-16H,9,13H2,1-3H3,(H,25,27)/t16-/m0/s1. The lowest BCUT2D eigenvalue weighted by atomic mass is 10.1. The predicted molar refractivity (Wildman–Crippen MR) is 116 cm³/mol. The number of ether oxygens (including phenoxy) is 3. The van der Waals surface area contributed by atoms with Crippen molar-refractivity contribution in [3.8, 4) is 11.5 Å². The van der Waals surface area contributed by atoms with Crippen LogP contribution in [0.3, 0.4) is 0 Å². The van der Waals surface area contributed by atoms with E-state index < -0.39 is 12.1 Å². The number of amides is 1. The molecule has 1 amide bonds. The lowest BCUT2D eigenvalue weighted by Crippen LogP contribution is -2.30. The van der Waals surface area contributed by atoms with Gasteiger partial charge in [-0.05, 0) is 53.9 Å². The number of aryl methyl sites for hydroxylation is 1. The molecule has 3 aromatic rings. The highest BCUT2D eigenvalue weighted by molar-refractivity contribution is 5.97. The molecule has 6 heteroatoms. The van der Waals surface area contributed by atoms with Crippen molar-refractivity contribution in [2.75, 3.05) is 19.5 Å². The van der Waals surface area contributed by atoms with Crippen molar-refractivity contribution in [1.29, 1.82) is 0 Å². The van der Waals surface area contributed by atoms with Crippen molar-refractivity contribution in [1.82, 2.24) is 0 Å². The number of carbonyl (C=O) groups is 2. The van der Waals surface area contributed by atoms with Crippen LogP contribution >= 0.6 is 0 Å². The Balaban J connectivity index is 1.52. The Morgan fingerprint density at radius 3 is 2.37 bits per heavy atom. The number of esters is 1. The molecular weight excluding hydrogens is 382 g/mol. The van der Waals surface area contributed by atoms with Gasteiger partial charge in [0.15, 0.2) is 17.6 Å². The first kappa shape index (κ1) is 21.2. The third kappa shape index (κ3) is 5.29. The molecule has 0 bridgehead atoms. The maximum Gasteiger partial charge on any atom is 0.306 e. The third-order valence-electron chi connectivity index (χ3n) is 4.76. The first-order chi connectivity index (χ1) is 14.5. The minimum Gasteiger partial charge on any atom is -0.493 e. The molecule has 0 spiro atoms. The van der Waals surface area contributed by atoms with E-state index in [2.05, 4.69) is 5.32 Å². The van der Waals surface area contributed by atoms with E-state index in [9.17, 15) is 9.59 Å². The summed E-state index contributed by atoms with van der Waals surface area (Å²) in [4.78, 5) is 24.6. The second-order valence-electron chi connectivity index (χ2n) is 6.87. The number of anilines is 1. The summed E-state index contributed by atoms with van der Waals surface area (Å²) in [6.07, 6.45) is -0.268. The van der Waals surface area contributed by atoms with Gasteiger partial charge in [-0.1, -0.05) is 36.4 Å². The maximum atomic E-state index is 12.4. The van der Waals surface area contributed by atoms with E-state index in [1.165, 1.54) is 0 Å². The van der Waals surface area contributed by atoms with Gasteiger partial charge in [-0.25, -0.2) is 0 Å². The molecule has 3 rings (SSSR count). The van der Waals surface area contributed by atoms with E-state index in [1.54, 1.807) is 27.2 Å². The second kappa shape index (κ2) is 9.78. The molecule has 0 aliphatic carbocycles. The molecule has 1 atom stereocenters. The summed E-state index contributed by atoms with van der Waals surface area (Å²) >= 11 is 0. The zero-order valence-electron chi connectivity index (χ0n) is 17.3. The van der Waals surface area contributed by atoms with Crippen molar-refractivity contribution in [3.63, 3.8) is 0 Å². The summed E-state index contributed by atoms with van der Waals surface area (Å²) in [5.41, 5.74) is 1.57. The smallest absolute Gasteiger partial charge is 0.306 e. The van der Waals surface area contributed by atoms with E-state index in [1.807, 2.05) is 54.6 Å². The lowest BCUT2D eigenvalue weighted by molar-refractivity contribution is -0.153. The first-order valence-corrected chi connectivity index (χ1v) is 9.70. The molecule has 0 saturated carbocycles. The number of hydrogen-bond donors (Lipinski definition) is 1. The molecular formula is C24H25NO5. The van der Waals surface area contributed by atoms with Gasteiger partial charge >= 0.3 is 5.97 Å². The normalized spacial score (nSPS) is 11.6. The fraction of sp³-hybridized carbons (Fsp3) is 0.250. The van der Waals surface area contributed by atoms with Crippen LogP contribution < -0.4 is 14.8 Å². The van der Waals surface area contributed by atoms with Gasteiger partial charge in [-0.2, -0.15) is 0 Å². The van der Waals surface area contributed by atoms with Gasteiger partial charge in [-0.3, -0.25) is 9.59 Å². The fourth-order valence-electron chi connectivity index (χ4n) is 3.10. The van der Waals surface area contributed by atoms with Gasteiger partial charge in [0.1, 0.15) is 0 Å². The van der Waals surface area contributed by atoms with Crippen molar-refractivity contribution >= 4 is 28.3 Å². The van der Waals surface area contributed by atoms with E-state index >= 15 is 0 Å². The SMILES string of the molecule is COc1ccc(CCC(=O)O[C@@H](C)C(=O)Nc2ccc3ccccc3c2)cc1OC. The van der Waals surface area contributed by atoms with Crippen LogP contribution in [0.25, 0.3) is 10.8 Å². The molecule has 0 aliphatic heterocycles. The summed E-state index contributed by atoms with van der Waals surface area (Å²) in [6, 6.07) is 19.0. The van der Waals surface area contributed by atoms with Crippen molar-refractivity contribution in [2.24, 2.45) is 0 Å². The predicted octanol–water partition coefficient (Wildman–Crippen LogP) is 4.36. The monoisotopic (exact) mass is 407 g/mol. The van der Waals surface area contributed by atoms with E-state index in [4.69, 9.17) is 14.2 Å². The second-order valence-corrected chi connectivity index (χ2v) is 6.87. The summed E-state index contributed by atoms with van der Waals surface area (Å²) in [5, 5.41) is 4.91. The molecule has 0 aromatic heterocycles. The number of methoxy groups -OCH3 is 2. The van der Waals surface area contributed by atoms with Crippen LogP contribution in [0, 0.1) is 0 Å². The summed E-state index contributed by atoms with van der Waals surface area (Å²) in [7, 11) is 3.13. The van der Waals surface area contributed by atoms with E-state index in [0.29, 0.717) is 23.6 Å².